The maximum atomic E-state index is 12.9. The molecule has 15 heavy (non-hydrogen) atoms. The van der Waals surface area contributed by atoms with Gasteiger partial charge in [-0.05, 0) is 12.1 Å². The maximum absolute atomic E-state index is 12.9. The number of rotatable bonds is 2. The van der Waals surface area contributed by atoms with Gasteiger partial charge in [-0.15, -0.1) is 0 Å². The van der Waals surface area contributed by atoms with E-state index in [0.29, 0.717) is 22.8 Å². The highest BCUT2D eigenvalue weighted by molar-refractivity contribution is 9.09. The van der Waals surface area contributed by atoms with Crippen LogP contribution in [0.4, 0.5) is 4.39 Å². The van der Waals surface area contributed by atoms with Crippen LogP contribution in [0, 0.1) is 5.82 Å². The second kappa shape index (κ2) is 4.10. The zero-order valence-electron chi connectivity index (χ0n) is 7.78. The van der Waals surface area contributed by atoms with Gasteiger partial charge in [0, 0.05) is 17.9 Å². The van der Waals surface area contributed by atoms with Gasteiger partial charge in [-0.2, -0.15) is 0 Å². The normalized spacial score (nSPS) is 10.8. The van der Waals surface area contributed by atoms with Crippen LogP contribution in [-0.2, 0) is 6.54 Å². The van der Waals surface area contributed by atoms with Gasteiger partial charge in [-0.25, -0.2) is 9.37 Å². The summed E-state index contributed by atoms with van der Waals surface area (Å²) < 4.78 is 14.4. The van der Waals surface area contributed by atoms with Crippen molar-refractivity contribution in [3.05, 3.63) is 40.7 Å². The predicted octanol–water partition coefficient (Wildman–Crippen LogP) is 1.93. The number of fused-ring (bicyclic) bond motifs is 1. The Morgan fingerprint density at radius 2 is 2.27 bits per heavy atom. The Kier molecular flexibility index (Phi) is 2.81. The highest BCUT2D eigenvalue weighted by Gasteiger charge is 2.04. The average molecular weight is 271 g/mol. The van der Waals surface area contributed by atoms with Gasteiger partial charge >= 0.3 is 0 Å². The highest BCUT2D eigenvalue weighted by atomic mass is 79.9. The van der Waals surface area contributed by atoms with Gasteiger partial charge in [0.15, 0.2) is 0 Å². The molecule has 2 rings (SSSR count). The summed E-state index contributed by atoms with van der Waals surface area (Å²) in [4.78, 5) is 15.8. The third-order valence-electron chi connectivity index (χ3n) is 2.11. The fraction of sp³-hybridized carbons (Fsp3) is 0.200. The molecule has 0 aliphatic heterocycles. The van der Waals surface area contributed by atoms with Crippen LogP contribution in [0.1, 0.15) is 0 Å². The molecule has 5 heteroatoms. The smallest absolute Gasteiger partial charge is 0.261 e. The molecule has 78 valence electrons. The minimum Gasteiger partial charge on any atom is -0.298 e. The SMILES string of the molecule is O=c1c2ccc(F)cc2ncn1CCBr. The fourth-order valence-electron chi connectivity index (χ4n) is 1.38. The van der Waals surface area contributed by atoms with Gasteiger partial charge in [0.05, 0.1) is 17.2 Å². The number of hydrogen-bond acceptors (Lipinski definition) is 2. The molecule has 0 bridgehead atoms. The molecule has 1 heterocycles. The van der Waals surface area contributed by atoms with Crippen LogP contribution in [0.15, 0.2) is 29.3 Å². The zero-order chi connectivity index (χ0) is 10.8. The van der Waals surface area contributed by atoms with E-state index >= 15 is 0 Å². The predicted molar refractivity (Wildman–Crippen MR) is 59.8 cm³/mol. The van der Waals surface area contributed by atoms with Crippen LogP contribution >= 0.6 is 15.9 Å². The number of benzene rings is 1. The molecule has 0 radical (unpaired) electrons. The molecule has 0 saturated carbocycles. The molecule has 0 spiro atoms. The molecule has 1 aromatic carbocycles. The number of halogens is 2. The van der Waals surface area contributed by atoms with E-state index in [0.717, 1.165) is 0 Å². The molecular weight excluding hydrogens is 263 g/mol. The molecule has 0 amide bonds. The first kappa shape index (κ1) is 10.3. The summed E-state index contributed by atoms with van der Waals surface area (Å²) in [5.74, 6) is -0.382. The first-order valence-electron chi connectivity index (χ1n) is 4.43. The van der Waals surface area contributed by atoms with Gasteiger partial charge in [-0.3, -0.25) is 9.36 Å². The lowest BCUT2D eigenvalue weighted by atomic mass is 10.2. The Hall–Kier alpha value is -1.23. The fourth-order valence-corrected chi connectivity index (χ4v) is 1.76. The monoisotopic (exact) mass is 270 g/mol. The molecule has 1 aromatic heterocycles. The molecular formula is C10H8BrFN2O. The van der Waals surface area contributed by atoms with E-state index < -0.39 is 0 Å². The highest BCUT2D eigenvalue weighted by Crippen LogP contribution is 2.08. The summed E-state index contributed by atoms with van der Waals surface area (Å²) in [6.07, 6.45) is 1.44. The van der Waals surface area contributed by atoms with E-state index in [1.165, 1.54) is 29.1 Å². The van der Waals surface area contributed by atoms with E-state index in [1.54, 1.807) is 0 Å². The summed E-state index contributed by atoms with van der Waals surface area (Å²) in [6, 6.07) is 3.99. The largest absolute Gasteiger partial charge is 0.298 e. The lowest BCUT2D eigenvalue weighted by molar-refractivity contribution is 0.629. The molecule has 2 aromatic rings. The number of aromatic nitrogens is 2. The summed E-state index contributed by atoms with van der Waals surface area (Å²) in [5, 5.41) is 1.13. The summed E-state index contributed by atoms with van der Waals surface area (Å²) in [5.41, 5.74) is 0.255. The minimum atomic E-state index is -0.382. The van der Waals surface area contributed by atoms with Crippen LogP contribution < -0.4 is 5.56 Å². The van der Waals surface area contributed by atoms with E-state index in [-0.39, 0.29) is 11.4 Å². The molecule has 0 atom stereocenters. The summed E-state index contributed by atoms with van der Waals surface area (Å²) >= 11 is 3.25. The molecule has 0 unspecified atom stereocenters. The number of aryl methyl sites for hydroxylation is 1. The van der Waals surface area contributed by atoms with Crippen molar-refractivity contribution in [2.24, 2.45) is 0 Å². The van der Waals surface area contributed by atoms with Gasteiger partial charge < -0.3 is 0 Å². The Labute approximate surface area is 93.7 Å². The first-order chi connectivity index (χ1) is 7.22. The lowest BCUT2D eigenvalue weighted by Gasteiger charge is -2.03. The second-order valence-electron chi connectivity index (χ2n) is 3.09. The van der Waals surface area contributed by atoms with Gasteiger partial charge in [0.2, 0.25) is 0 Å². The quantitative estimate of drug-likeness (QED) is 0.782. The molecule has 0 fully saturated rings. The summed E-state index contributed by atoms with van der Waals surface area (Å²) in [7, 11) is 0. The Morgan fingerprint density at radius 3 is 3.00 bits per heavy atom. The topological polar surface area (TPSA) is 34.9 Å². The number of nitrogens with zero attached hydrogens (tertiary/aromatic N) is 2. The van der Waals surface area contributed by atoms with Crippen LogP contribution in [0.5, 0.6) is 0 Å². The van der Waals surface area contributed by atoms with Crippen molar-refractivity contribution in [1.29, 1.82) is 0 Å². The van der Waals surface area contributed by atoms with Crippen LogP contribution in [-0.4, -0.2) is 14.9 Å². The first-order valence-corrected chi connectivity index (χ1v) is 5.55. The van der Waals surface area contributed by atoms with Crippen molar-refractivity contribution < 1.29 is 4.39 Å². The Morgan fingerprint density at radius 1 is 1.47 bits per heavy atom. The zero-order valence-corrected chi connectivity index (χ0v) is 9.37. The Bertz CT molecular complexity index is 553. The van der Waals surface area contributed by atoms with Crippen molar-refractivity contribution in [3.8, 4) is 0 Å². The Balaban J connectivity index is 2.69. The van der Waals surface area contributed by atoms with E-state index in [2.05, 4.69) is 20.9 Å². The van der Waals surface area contributed by atoms with Crippen molar-refractivity contribution >= 4 is 26.8 Å². The molecule has 0 N–H and O–H groups in total. The molecule has 0 saturated heterocycles. The molecule has 3 nitrogen and oxygen atoms in total. The maximum Gasteiger partial charge on any atom is 0.261 e. The van der Waals surface area contributed by atoms with Crippen LogP contribution in [0.2, 0.25) is 0 Å². The second-order valence-corrected chi connectivity index (χ2v) is 3.89. The van der Waals surface area contributed by atoms with E-state index in [9.17, 15) is 9.18 Å². The van der Waals surface area contributed by atoms with E-state index in [1.807, 2.05) is 0 Å². The third kappa shape index (κ3) is 1.92. The summed E-state index contributed by atoms with van der Waals surface area (Å²) in [6.45, 7) is 0.555. The van der Waals surface area contributed by atoms with Crippen molar-refractivity contribution in [2.45, 2.75) is 6.54 Å². The molecule has 0 aliphatic rings. The van der Waals surface area contributed by atoms with Gasteiger partial charge in [0.25, 0.3) is 5.56 Å². The number of alkyl halides is 1. The standard InChI is InChI=1S/C10H8BrFN2O/c11-3-4-14-6-13-9-5-7(12)1-2-8(9)10(14)15/h1-2,5-6H,3-4H2. The van der Waals surface area contributed by atoms with Crippen LogP contribution in [0.3, 0.4) is 0 Å². The van der Waals surface area contributed by atoms with Gasteiger partial charge in [-0.1, -0.05) is 15.9 Å². The van der Waals surface area contributed by atoms with Crippen molar-refractivity contribution in [3.63, 3.8) is 0 Å². The lowest BCUT2D eigenvalue weighted by Crippen LogP contribution is -2.21. The van der Waals surface area contributed by atoms with Gasteiger partial charge in [0.1, 0.15) is 5.82 Å². The average Bonchev–Trinajstić information content (AvgIpc) is 2.22. The minimum absolute atomic E-state index is 0.139. The molecule has 0 aliphatic carbocycles. The van der Waals surface area contributed by atoms with E-state index in [4.69, 9.17) is 0 Å². The third-order valence-corrected chi connectivity index (χ3v) is 2.47. The van der Waals surface area contributed by atoms with Crippen molar-refractivity contribution in [1.82, 2.24) is 9.55 Å². The van der Waals surface area contributed by atoms with Crippen LogP contribution in [0.25, 0.3) is 10.9 Å². The van der Waals surface area contributed by atoms with Crippen molar-refractivity contribution in [2.75, 3.05) is 5.33 Å². The number of hydrogen-bond donors (Lipinski definition) is 0.